The summed E-state index contributed by atoms with van der Waals surface area (Å²) in [6, 6.07) is 6.60. The van der Waals surface area contributed by atoms with Crippen LogP contribution in [0.5, 0.6) is 5.75 Å². The number of aromatic nitrogens is 1. The molecule has 2 heterocycles. The van der Waals surface area contributed by atoms with Crippen molar-refractivity contribution in [3.63, 3.8) is 0 Å². The Balaban J connectivity index is 1.85. The van der Waals surface area contributed by atoms with E-state index in [0.717, 1.165) is 19.4 Å². The van der Waals surface area contributed by atoms with Gasteiger partial charge in [0.25, 0.3) is 0 Å². The van der Waals surface area contributed by atoms with Gasteiger partial charge in [-0.15, -0.1) is 0 Å². The third-order valence-corrected chi connectivity index (χ3v) is 3.99. The molecule has 0 saturated carbocycles. The van der Waals surface area contributed by atoms with Gasteiger partial charge in [-0.05, 0) is 31.0 Å². The first-order valence-electron chi connectivity index (χ1n) is 7.94. The fourth-order valence-electron chi connectivity index (χ4n) is 2.76. The van der Waals surface area contributed by atoms with Crippen molar-refractivity contribution in [1.29, 1.82) is 5.26 Å². The summed E-state index contributed by atoms with van der Waals surface area (Å²) in [5.74, 6) is 0.0366. The molecule has 0 saturated heterocycles. The lowest BCUT2D eigenvalue weighted by atomic mass is 10.1. The first-order chi connectivity index (χ1) is 12.2. The highest BCUT2D eigenvalue weighted by Crippen LogP contribution is 2.30. The summed E-state index contributed by atoms with van der Waals surface area (Å²) in [5.41, 5.74) is 2.85. The van der Waals surface area contributed by atoms with Crippen molar-refractivity contribution in [2.75, 3.05) is 25.1 Å². The summed E-state index contributed by atoms with van der Waals surface area (Å²) in [7, 11) is 0. The molecule has 0 fully saturated rings. The molecular weight excluding hydrogens is 328 g/mol. The highest BCUT2D eigenvalue weighted by Gasteiger charge is 2.12. The van der Waals surface area contributed by atoms with Gasteiger partial charge in [-0.3, -0.25) is 4.98 Å². The van der Waals surface area contributed by atoms with Crippen molar-refractivity contribution in [3.05, 3.63) is 41.6 Å². The second kappa shape index (κ2) is 7.90. The van der Waals surface area contributed by atoms with E-state index in [1.54, 1.807) is 6.07 Å². The van der Waals surface area contributed by atoms with Crippen LogP contribution < -0.4 is 10.1 Å². The van der Waals surface area contributed by atoms with Crippen LogP contribution in [0.15, 0.2) is 36.0 Å². The molecule has 7 heteroatoms. The molecule has 0 amide bonds. The second-order valence-corrected chi connectivity index (χ2v) is 5.58. The number of nitrogens with zero attached hydrogens (tertiary/aromatic N) is 2. The molecule has 3 rings (SSSR count). The summed E-state index contributed by atoms with van der Waals surface area (Å²) in [6.45, 7) is -0.923. The Morgan fingerprint density at radius 1 is 1.40 bits per heavy atom. The molecule has 0 radical (unpaired) electrons. The Hall–Kier alpha value is -2.72. The van der Waals surface area contributed by atoms with E-state index >= 15 is 0 Å². The second-order valence-electron chi connectivity index (χ2n) is 5.58. The molecule has 0 bridgehead atoms. The largest absolute Gasteiger partial charge is 0.435 e. The minimum atomic E-state index is -2.90. The van der Waals surface area contributed by atoms with Crippen LogP contribution in [0.3, 0.4) is 0 Å². The van der Waals surface area contributed by atoms with Gasteiger partial charge in [0, 0.05) is 18.1 Å². The van der Waals surface area contributed by atoms with Crippen molar-refractivity contribution >= 4 is 16.6 Å². The minimum Gasteiger partial charge on any atom is -0.435 e. The number of fused-ring (bicyclic) bond motifs is 1. The van der Waals surface area contributed by atoms with E-state index in [-0.39, 0.29) is 5.75 Å². The van der Waals surface area contributed by atoms with Crippen molar-refractivity contribution in [1.82, 2.24) is 4.98 Å². The van der Waals surface area contributed by atoms with Crippen molar-refractivity contribution < 1.29 is 18.3 Å². The number of hydrogen-bond donors (Lipinski definition) is 1. The van der Waals surface area contributed by atoms with Crippen LogP contribution in [0.25, 0.3) is 10.9 Å². The molecule has 1 aromatic heterocycles. The third-order valence-electron chi connectivity index (χ3n) is 3.99. The summed E-state index contributed by atoms with van der Waals surface area (Å²) in [6.07, 6.45) is 5.27. The Morgan fingerprint density at radius 2 is 2.28 bits per heavy atom. The van der Waals surface area contributed by atoms with Crippen LogP contribution >= 0.6 is 0 Å². The topological polar surface area (TPSA) is 67.2 Å². The van der Waals surface area contributed by atoms with Crippen LogP contribution in [-0.2, 0) is 4.74 Å². The van der Waals surface area contributed by atoms with Gasteiger partial charge in [0.05, 0.1) is 30.0 Å². The molecule has 2 aromatic rings. The molecular formula is C18H17F2N3O2. The number of hydrogen-bond acceptors (Lipinski definition) is 5. The number of nitrogens with one attached hydrogen (secondary N) is 1. The maximum absolute atomic E-state index is 12.5. The van der Waals surface area contributed by atoms with E-state index in [2.05, 4.69) is 27.2 Å². The number of ether oxygens (including phenoxy) is 2. The fourth-order valence-corrected chi connectivity index (χ4v) is 2.76. The van der Waals surface area contributed by atoms with Gasteiger partial charge in [-0.1, -0.05) is 11.6 Å². The molecule has 1 N–H and O–H groups in total. The first kappa shape index (κ1) is 17.1. The maximum Gasteiger partial charge on any atom is 0.387 e. The van der Waals surface area contributed by atoms with Gasteiger partial charge < -0.3 is 14.8 Å². The molecule has 130 valence electrons. The lowest BCUT2D eigenvalue weighted by molar-refractivity contribution is -0.0497. The summed E-state index contributed by atoms with van der Waals surface area (Å²) in [5, 5.41) is 13.2. The zero-order valence-corrected chi connectivity index (χ0v) is 13.5. The average molecular weight is 345 g/mol. The van der Waals surface area contributed by atoms with Crippen molar-refractivity contribution in [2.45, 2.75) is 19.5 Å². The highest BCUT2D eigenvalue weighted by atomic mass is 19.3. The maximum atomic E-state index is 12.5. The Bertz CT molecular complexity index is 831. The van der Waals surface area contributed by atoms with Gasteiger partial charge in [-0.25, -0.2) is 0 Å². The van der Waals surface area contributed by atoms with Gasteiger partial charge in [-0.2, -0.15) is 14.0 Å². The number of nitriles is 1. The van der Waals surface area contributed by atoms with Crippen LogP contribution in [0.4, 0.5) is 14.5 Å². The van der Waals surface area contributed by atoms with Crippen LogP contribution in [0.1, 0.15) is 18.4 Å². The zero-order valence-electron chi connectivity index (χ0n) is 13.5. The Morgan fingerprint density at radius 3 is 3.00 bits per heavy atom. The summed E-state index contributed by atoms with van der Waals surface area (Å²) in [4.78, 5) is 4.20. The van der Waals surface area contributed by atoms with E-state index < -0.39 is 6.61 Å². The lowest BCUT2D eigenvalue weighted by Crippen LogP contribution is -2.10. The Labute approximate surface area is 143 Å². The monoisotopic (exact) mass is 345 g/mol. The molecule has 1 aliphatic rings. The van der Waals surface area contributed by atoms with Gasteiger partial charge in [0.15, 0.2) is 0 Å². The van der Waals surface area contributed by atoms with Crippen LogP contribution in [-0.4, -0.2) is 31.4 Å². The van der Waals surface area contributed by atoms with Crippen molar-refractivity contribution in [3.8, 4) is 11.8 Å². The molecule has 25 heavy (non-hydrogen) atoms. The van der Waals surface area contributed by atoms with Crippen LogP contribution in [0.2, 0.25) is 0 Å². The van der Waals surface area contributed by atoms with E-state index in [4.69, 9.17) is 4.74 Å². The average Bonchev–Trinajstić information content (AvgIpc) is 2.62. The normalized spacial score (nSPS) is 14.2. The molecule has 0 spiro atoms. The SMILES string of the molecule is N#Cc1cnc2ccc(OC(F)F)cc2c1NCCC1=CCOCC1. The van der Waals surface area contributed by atoms with Crippen molar-refractivity contribution in [2.24, 2.45) is 0 Å². The predicted octanol–water partition coefficient (Wildman–Crippen LogP) is 3.86. The third kappa shape index (κ3) is 4.22. The molecule has 0 aliphatic carbocycles. The number of alkyl halides is 2. The predicted molar refractivity (Wildman–Crippen MR) is 89.7 cm³/mol. The quantitative estimate of drug-likeness (QED) is 0.805. The standard InChI is InChI=1S/C18H17F2N3O2/c19-18(20)25-14-1-2-16-15(9-14)17(13(10-21)11-23-16)22-6-3-12-4-7-24-8-5-12/h1-2,4,9,11,18H,3,5-8H2,(H,22,23). The van der Waals surface area contributed by atoms with E-state index in [1.165, 1.54) is 23.9 Å². The van der Waals surface area contributed by atoms with Crippen LogP contribution in [0, 0.1) is 11.3 Å². The summed E-state index contributed by atoms with van der Waals surface area (Å²) < 4.78 is 34.6. The fraction of sp³-hybridized carbons (Fsp3) is 0.333. The van der Waals surface area contributed by atoms with E-state index in [1.807, 2.05) is 0 Å². The first-order valence-corrected chi connectivity index (χ1v) is 7.94. The van der Waals surface area contributed by atoms with E-state index in [9.17, 15) is 14.0 Å². The smallest absolute Gasteiger partial charge is 0.387 e. The number of halogens is 2. The number of benzene rings is 1. The zero-order chi connectivity index (χ0) is 17.6. The van der Waals surface area contributed by atoms with Gasteiger partial charge in [0.1, 0.15) is 11.8 Å². The minimum absolute atomic E-state index is 0.0366. The molecule has 1 aromatic carbocycles. The molecule has 0 unspecified atom stereocenters. The number of anilines is 1. The number of pyridine rings is 1. The van der Waals surface area contributed by atoms with Gasteiger partial charge in [0.2, 0.25) is 0 Å². The number of rotatable bonds is 6. The lowest BCUT2D eigenvalue weighted by Gasteiger charge is -2.16. The van der Waals surface area contributed by atoms with Gasteiger partial charge >= 0.3 is 6.61 Å². The summed E-state index contributed by atoms with van der Waals surface area (Å²) >= 11 is 0. The molecule has 1 aliphatic heterocycles. The molecule has 5 nitrogen and oxygen atoms in total. The highest BCUT2D eigenvalue weighted by molar-refractivity contribution is 5.94. The van der Waals surface area contributed by atoms with E-state index in [0.29, 0.717) is 35.3 Å². The molecule has 0 atom stereocenters. The Kier molecular flexibility index (Phi) is 5.41.